The fraction of sp³-hybridized carbons (Fsp3) is 0.667. The fourth-order valence-corrected chi connectivity index (χ4v) is 0.482. The number of aliphatic hydroxyl groups excluding tert-OH is 1. The van der Waals surface area contributed by atoms with Gasteiger partial charge >= 0.3 is 0 Å². The third kappa shape index (κ3) is 5.54. The van der Waals surface area contributed by atoms with E-state index in [1.807, 2.05) is 13.8 Å². The summed E-state index contributed by atoms with van der Waals surface area (Å²) in [5, 5.41) is 8.58. The Kier molecular flexibility index (Phi) is 2.49. The first kappa shape index (κ1) is 6.54. The summed E-state index contributed by atoms with van der Waals surface area (Å²) in [6.07, 6.45) is 1.81. The van der Waals surface area contributed by atoms with Crippen LogP contribution < -0.4 is 0 Å². The lowest BCUT2D eigenvalue weighted by Gasteiger charge is -1.92. The van der Waals surface area contributed by atoms with Gasteiger partial charge in [-0.25, -0.2) is 0 Å². The Labute approximate surface area is 44.7 Å². The summed E-state index contributed by atoms with van der Waals surface area (Å²) < 4.78 is 0. The molecule has 0 rings (SSSR count). The van der Waals surface area contributed by atoms with Crippen LogP contribution in [-0.2, 0) is 0 Å². The molecule has 7 heavy (non-hydrogen) atoms. The van der Waals surface area contributed by atoms with Gasteiger partial charge in [0.1, 0.15) is 0 Å². The molecule has 0 heterocycles. The molecule has 1 nitrogen and oxygen atoms in total. The Bertz CT molecular complexity index is 68.2. The van der Waals surface area contributed by atoms with Crippen molar-refractivity contribution < 1.29 is 5.11 Å². The quantitative estimate of drug-likeness (QED) is 0.500. The second kappa shape index (κ2) is 2.67. The van der Waals surface area contributed by atoms with Gasteiger partial charge < -0.3 is 5.11 Å². The van der Waals surface area contributed by atoms with Gasteiger partial charge in [-0.15, -0.1) is 0 Å². The van der Waals surface area contributed by atoms with E-state index in [0.717, 1.165) is 0 Å². The molecule has 0 aliphatic heterocycles. The molecule has 0 atom stereocenters. The van der Waals surface area contributed by atoms with E-state index in [4.69, 9.17) is 5.11 Å². The molecule has 0 aromatic heterocycles. The largest absolute Gasteiger partial charge is 0.513 e. The predicted octanol–water partition coefficient (Wildman–Crippen LogP) is 2.10. The van der Waals surface area contributed by atoms with Gasteiger partial charge in [0.2, 0.25) is 0 Å². The van der Waals surface area contributed by atoms with E-state index in [-0.39, 0.29) is 0 Å². The molecule has 0 aliphatic carbocycles. The lowest BCUT2D eigenvalue weighted by molar-refractivity contribution is 0.408. The van der Waals surface area contributed by atoms with Crippen molar-refractivity contribution in [2.45, 2.75) is 20.8 Å². The molecule has 0 saturated heterocycles. The molecule has 0 spiro atoms. The highest BCUT2D eigenvalue weighted by Crippen LogP contribution is 1.96. The highest BCUT2D eigenvalue weighted by atomic mass is 16.3. The van der Waals surface area contributed by atoms with Gasteiger partial charge in [-0.05, 0) is 18.9 Å². The van der Waals surface area contributed by atoms with Crippen LogP contribution in [0.4, 0.5) is 0 Å². The van der Waals surface area contributed by atoms with E-state index in [0.29, 0.717) is 11.7 Å². The maximum Gasteiger partial charge on any atom is 0.0854 e. The molecule has 0 fully saturated rings. The van der Waals surface area contributed by atoms with Crippen LogP contribution in [0.3, 0.4) is 0 Å². The first-order valence-electron chi connectivity index (χ1n) is 2.50. The van der Waals surface area contributed by atoms with E-state index in [1.165, 1.54) is 0 Å². The normalized spacial score (nSPS) is 12.9. The second-order valence-electron chi connectivity index (χ2n) is 2.05. The monoisotopic (exact) mass is 100 g/mol. The van der Waals surface area contributed by atoms with Gasteiger partial charge in [0.15, 0.2) is 0 Å². The molecule has 0 saturated carbocycles. The smallest absolute Gasteiger partial charge is 0.0854 e. The Morgan fingerprint density at radius 1 is 1.57 bits per heavy atom. The minimum Gasteiger partial charge on any atom is -0.513 e. The molecule has 0 radical (unpaired) electrons. The summed E-state index contributed by atoms with van der Waals surface area (Å²) in [4.78, 5) is 0. The minimum absolute atomic E-state index is 0.412. The van der Waals surface area contributed by atoms with Gasteiger partial charge in [0.05, 0.1) is 5.76 Å². The summed E-state index contributed by atoms with van der Waals surface area (Å²) in [5.41, 5.74) is 0. The average molecular weight is 100 g/mol. The highest BCUT2D eigenvalue weighted by molar-refractivity contribution is 4.87. The van der Waals surface area contributed by atoms with Crippen LogP contribution in [0.25, 0.3) is 0 Å². The molecule has 0 aliphatic rings. The van der Waals surface area contributed by atoms with Crippen LogP contribution in [-0.4, -0.2) is 5.11 Å². The van der Waals surface area contributed by atoms with E-state index >= 15 is 0 Å². The fourth-order valence-electron chi connectivity index (χ4n) is 0.482. The minimum atomic E-state index is 0.412. The molecule has 0 aromatic carbocycles. The number of allylic oxidation sites excluding steroid dienone is 2. The summed E-state index contributed by atoms with van der Waals surface area (Å²) >= 11 is 0. The van der Waals surface area contributed by atoms with E-state index in [1.54, 1.807) is 13.0 Å². The number of hydrogen-bond donors (Lipinski definition) is 1. The summed E-state index contributed by atoms with van der Waals surface area (Å²) in [7, 11) is 0. The molecule has 0 unspecified atom stereocenters. The molecule has 0 bridgehead atoms. The van der Waals surface area contributed by atoms with Crippen molar-refractivity contribution >= 4 is 0 Å². The Hall–Kier alpha value is -0.460. The zero-order valence-corrected chi connectivity index (χ0v) is 5.10. The van der Waals surface area contributed by atoms with E-state index in [9.17, 15) is 0 Å². The third-order valence-corrected chi connectivity index (χ3v) is 0.575. The second-order valence-corrected chi connectivity index (χ2v) is 2.05. The van der Waals surface area contributed by atoms with E-state index in [2.05, 4.69) is 0 Å². The van der Waals surface area contributed by atoms with Crippen LogP contribution in [0.2, 0.25) is 0 Å². The number of hydrogen-bond acceptors (Lipinski definition) is 1. The van der Waals surface area contributed by atoms with Gasteiger partial charge in [-0.1, -0.05) is 13.8 Å². The van der Waals surface area contributed by atoms with Crippen molar-refractivity contribution in [1.29, 1.82) is 0 Å². The molecule has 1 heteroatoms. The topological polar surface area (TPSA) is 20.2 Å². The maximum atomic E-state index is 8.58. The lowest BCUT2D eigenvalue weighted by atomic mass is 10.2. The molecule has 42 valence electrons. The summed E-state index contributed by atoms with van der Waals surface area (Å²) in [6.45, 7) is 5.74. The first-order chi connectivity index (χ1) is 3.13. The molecule has 0 amide bonds. The van der Waals surface area contributed by atoms with Crippen molar-refractivity contribution in [1.82, 2.24) is 0 Å². The highest BCUT2D eigenvalue weighted by Gasteiger charge is 1.84. The number of aliphatic hydroxyl groups is 1. The summed E-state index contributed by atoms with van der Waals surface area (Å²) in [6, 6.07) is 0. The van der Waals surface area contributed by atoms with Crippen molar-refractivity contribution in [2.24, 2.45) is 5.92 Å². The molecule has 0 aromatic rings. The third-order valence-electron chi connectivity index (χ3n) is 0.575. The standard InChI is InChI=1S/C6H12O/c1-5(2)4-6(3)7/h4-5,7H,1-3H3. The van der Waals surface area contributed by atoms with Crippen LogP contribution in [0, 0.1) is 5.92 Å². The van der Waals surface area contributed by atoms with Crippen LogP contribution in [0.1, 0.15) is 20.8 Å². The number of rotatable bonds is 1. The van der Waals surface area contributed by atoms with Crippen molar-refractivity contribution in [3.8, 4) is 0 Å². The van der Waals surface area contributed by atoms with Gasteiger partial charge in [-0.3, -0.25) is 0 Å². The average Bonchev–Trinajstić information content (AvgIpc) is 1.27. The van der Waals surface area contributed by atoms with Crippen molar-refractivity contribution in [3.05, 3.63) is 11.8 Å². The summed E-state index contributed by atoms with van der Waals surface area (Å²) in [5.74, 6) is 0.875. The van der Waals surface area contributed by atoms with Crippen molar-refractivity contribution in [2.75, 3.05) is 0 Å². The van der Waals surface area contributed by atoms with Crippen LogP contribution >= 0.6 is 0 Å². The van der Waals surface area contributed by atoms with Crippen LogP contribution in [0.5, 0.6) is 0 Å². The Morgan fingerprint density at radius 2 is 2.00 bits per heavy atom. The SMILES string of the molecule is CC(O)=CC(C)C. The van der Waals surface area contributed by atoms with Gasteiger partial charge in [-0.2, -0.15) is 0 Å². The maximum absolute atomic E-state index is 8.58. The van der Waals surface area contributed by atoms with Crippen LogP contribution in [0.15, 0.2) is 11.8 Å². The zero-order valence-electron chi connectivity index (χ0n) is 5.10. The molecular weight excluding hydrogens is 88.1 g/mol. The lowest BCUT2D eigenvalue weighted by Crippen LogP contribution is -1.80. The Morgan fingerprint density at radius 3 is 2.00 bits per heavy atom. The van der Waals surface area contributed by atoms with Gasteiger partial charge in [0, 0.05) is 0 Å². The molecular formula is C6H12O. The predicted molar refractivity (Wildman–Crippen MR) is 31.2 cm³/mol. The first-order valence-corrected chi connectivity index (χ1v) is 2.50. The molecule has 1 N–H and O–H groups in total. The van der Waals surface area contributed by atoms with Gasteiger partial charge in [0.25, 0.3) is 0 Å². The van der Waals surface area contributed by atoms with E-state index < -0.39 is 0 Å². The Balaban J connectivity index is 3.45. The van der Waals surface area contributed by atoms with Crippen molar-refractivity contribution in [3.63, 3.8) is 0 Å². The zero-order chi connectivity index (χ0) is 5.86.